The van der Waals surface area contributed by atoms with Gasteiger partial charge in [-0.25, -0.2) is 4.39 Å². The second-order valence-corrected chi connectivity index (χ2v) is 7.59. The van der Waals surface area contributed by atoms with Crippen molar-refractivity contribution in [2.24, 2.45) is 0 Å². The fourth-order valence-electron chi connectivity index (χ4n) is 2.99. The van der Waals surface area contributed by atoms with Gasteiger partial charge in [-0.3, -0.25) is 4.79 Å². The molecule has 2 aromatic heterocycles. The van der Waals surface area contributed by atoms with Crippen LogP contribution in [0.4, 0.5) is 10.1 Å². The van der Waals surface area contributed by atoms with E-state index in [9.17, 15) is 9.18 Å². The zero-order valence-corrected chi connectivity index (χ0v) is 18.0. The Balaban J connectivity index is 1.45. The molecule has 0 atom stereocenters. The highest BCUT2D eigenvalue weighted by Gasteiger charge is 2.11. The van der Waals surface area contributed by atoms with Crippen LogP contribution in [0.25, 0.3) is 28.7 Å². The van der Waals surface area contributed by atoms with Gasteiger partial charge in [0.05, 0.1) is 10.0 Å². The Morgan fingerprint density at radius 3 is 2.53 bits per heavy atom. The van der Waals surface area contributed by atoms with E-state index in [0.717, 1.165) is 0 Å². The first-order valence-corrected chi connectivity index (χ1v) is 10.2. The maximum atomic E-state index is 13.3. The van der Waals surface area contributed by atoms with E-state index in [1.807, 2.05) is 0 Å². The molecule has 1 amide bonds. The average Bonchev–Trinajstić information content (AvgIpc) is 3.45. The lowest BCUT2D eigenvalue weighted by molar-refractivity contribution is -0.111. The maximum Gasteiger partial charge on any atom is 0.248 e. The number of aliphatic hydroxyl groups excluding tert-OH is 1. The SMILES string of the molecule is O=C(/C=C/c1ccc(-c2ccc(F)c(Cl)c2)o1)Nc1ccc(Cl)c(-c2ccc(CO)o2)c1. The first-order valence-electron chi connectivity index (χ1n) is 9.47. The summed E-state index contributed by atoms with van der Waals surface area (Å²) < 4.78 is 24.5. The number of carbonyl (C=O) groups excluding carboxylic acids is 1. The Bertz CT molecular complexity index is 1310. The number of furan rings is 2. The molecule has 0 saturated heterocycles. The molecule has 0 aliphatic heterocycles. The Hall–Kier alpha value is -3.32. The highest BCUT2D eigenvalue weighted by Crippen LogP contribution is 2.32. The number of anilines is 1. The third-order valence-corrected chi connectivity index (χ3v) is 5.17. The number of hydrogen-bond acceptors (Lipinski definition) is 4. The van der Waals surface area contributed by atoms with E-state index >= 15 is 0 Å². The van der Waals surface area contributed by atoms with E-state index < -0.39 is 5.82 Å². The molecule has 8 heteroatoms. The van der Waals surface area contributed by atoms with Crippen LogP contribution >= 0.6 is 23.2 Å². The summed E-state index contributed by atoms with van der Waals surface area (Å²) in [6.07, 6.45) is 2.84. The van der Waals surface area contributed by atoms with Crippen molar-refractivity contribution in [3.8, 4) is 22.6 Å². The lowest BCUT2D eigenvalue weighted by atomic mass is 10.1. The lowest BCUT2D eigenvalue weighted by Crippen LogP contribution is -2.07. The van der Waals surface area contributed by atoms with E-state index in [1.165, 1.54) is 24.3 Å². The molecule has 32 heavy (non-hydrogen) atoms. The van der Waals surface area contributed by atoms with Gasteiger partial charge >= 0.3 is 0 Å². The van der Waals surface area contributed by atoms with Crippen LogP contribution in [-0.2, 0) is 11.4 Å². The second-order valence-electron chi connectivity index (χ2n) is 6.77. The van der Waals surface area contributed by atoms with Gasteiger partial charge in [-0.1, -0.05) is 23.2 Å². The van der Waals surface area contributed by atoms with Gasteiger partial charge in [0.2, 0.25) is 5.91 Å². The molecule has 0 aliphatic carbocycles. The topological polar surface area (TPSA) is 75.6 Å². The Morgan fingerprint density at radius 2 is 1.78 bits per heavy atom. The average molecular weight is 472 g/mol. The third kappa shape index (κ3) is 4.94. The van der Waals surface area contributed by atoms with Crippen LogP contribution in [0.2, 0.25) is 10.0 Å². The van der Waals surface area contributed by atoms with Gasteiger partial charge < -0.3 is 19.3 Å². The fourth-order valence-corrected chi connectivity index (χ4v) is 3.38. The second kappa shape index (κ2) is 9.44. The van der Waals surface area contributed by atoms with Crippen molar-refractivity contribution in [1.29, 1.82) is 0 Å². The molecule has 2 heterocycles. The van der Waals surface area contributed by atoms with E-state index in [1.54, 1.807) is 48.5 Å². The van der Waals surface area contributed by atoms with Crippen molar-refractivity contribution in [3.63, 3.8) is 0 Å². The number of hydrogen-bond donors (Lipinski definition) is 2. The first-order chi connectivity index (χ1) is 15.4. The summed E-state index contributed by atoms with van der Waals surface area (Å²) in [5, 5.41) is 12.4. The predicted molar refractivity (Wildman–Crippen MR) is 122 cm³/mol. The highest BCUT2D eigenvalue weighted by molar-refractivity contribution is 6.33. The minimum atomic E-state index is -0.509. The summed E-state index contributed by atoms with van der Waals surface area (Å²) >= 11 is 12.1. The van der Waals surface area contributed by atoms with E-state index in [0.29, 0.717) is 44.9 Å². The molecule has 0 bridgehead atoms. The van der Waals surface area contributed by atoms with Crippen LogP contribution in [0, 0.1) is 5.82 Å². The molecule has 2 aromatic carbocycles. The van der Waals surface area contributed by atoms with Crippen molar-refractivity contribution >= 4 is 40.9 Å². The van der Waals surface area contributed by atoms with Crippen molar-refractivity contribution in [3.05, 3.63) is 94.1 Å². The smallest absolute Gasteiger partial charge is 0.248 e. The van der Waals surface area contributed by atoms with Crippen LogP contribution in [0.5, 0.6) is 0 Å². The molecule has 0 fully saturated rings. The van der Waals surface area contributed by atoms with E-state index in [2.05, 4.69) is 5.32 Å². The van der Waals surface area contributed by atoms with E-state index in [-0.39, 0.29) is 17.5 Å². The summed E-state index contributed by atoms with van der Waals surface area (Å²) in [6.45, 7) is -0.221. The quantitative estimate of drug-likeness (QED) is 0.303. The van der Waals surface area contributed by atoms with Crippen molar-refractivity contribution < 1.29 is 23.1 Å². The van der Waals surface area contributed by atoms with Crippen molar-refractivity contribution in [2.45, 2.75) is 6.61 Å². The summed E-state index contributed by atoms with van der Waals surface area (Å²) in [7, 11) is 0. The largest absolute Gasteiger partial charge is 0.459 e. The van der Waals surface area contributed by atoms with Crippen LogP contribution in [0.3, 0.4) is 0 Å². The number of halogens is 3. The van der Waals surface area contributed by atoms with Gasteiger partial charge in [0.15, 0.2) is 0 Å². The molecule has 4 aromatic rings. The number of carbonyl (C=O) groups is 1. The summed E-state index contributed by atoms with van der Waals surface area (Å²) in [5.74, 6) is 0.944. The van der Waals surface area contributed by atoms with Gasteiger partial charge in [0.25, 0.3) is 0 Å². The number of amides is 1. The number of benzene rings is 2. The molecular weight excluding hydrogens is 456 g/mol. The first kappa shape index (κ1) is 21.9. The van der Waals surface area contributed by atoms with Gasteiger partial charge in [-0.15, -0.1) is 0 Å². The summed E-state index contributed by atoms with van der Waals surface area (Å²) in [5.41, 5.74) is 1.72. The maximum absolute atomic E-state index is 13.3. The molecule has 4 rings (SSSR count). The van der Waals surface area contributed by atoms with Crippen LogP contribution < -0.4 is 5.32 Å². The summed E-state index contributed by atoms with van der Waals surface area (Å²) in [4.78, 5) is 12.3. The van der Waals surface area contributed by atoms with Crippen molar-refractivity contribution in [1.82, 2.24) is 0 Å². The van der Waals surface area contributed by atoms with Crippen LogP contribution in [0.15, 0.2) is 75.6 Å². The molecular formula is C24H16Cl2FNO4. The van der Waals surface area contributed by atoms with Gasteiger partial charge in [0, 0.05) is 22.9 Å². The predicted octanol–water partition coefficient (Wildman–Crippen LogP) is 6.80. The van der Waals surface area contributed by atoms with Gasteiger partial charge in [-0.05, 0) is 66.7 Å². The standard InChI is InChI=1S/C24H16Cl2FNO4/c25-19-6-2-15(12-18(19)23-9-4-17(13-29)32-23)28-24(30)10-5-16-3-8-22(31-16)14-1-7-21(27)20(26)11-14/h1-12,29H,13H2,(H,28,30)/b10-5+. The monoisotopic (exact) mass is 471 g/mol. The van der Waals surface area contributed by atoms with Crippen LogP contribution in [-0.4, -0.2) is 11.0 Å². The minimum Gasteiger partial charge on any atom is -0.459 e. The third-order valence-electron chi connectivity index (χ3n) is 4.55. The lowest BCUT2D eigenvalue weighted by Gasteiger charge is -2.06. The zero-order valence-electron chi connectivity index (χ0n) is 16.4. The Morgan fingerprint density at radius 1 is 0.969 bits per heavy atom. The van der Waals surface area contributed by atoms with Crippen LogP contribution in [0.1, 0.15) is 11.5 Å². The molecule has 0 saturated carbocycles. The zero-order chi connectivity index (χ0) is 22.7. The van der Waals surface area contributed by atoms with E-state index in [4.69, 9.17) is 37.1 Å². The van der Waals surface area contributed by atoms with Gasteiger partial charge in [-0.2, -0.15) is 0 Å². The molecule has 0 radical (unpaired) electrons. The normalized spacial score (nSPS) is 11.2. The molecule has 162 valence electrons. The summed E-state index contributed by atoms with van der Waals surface area (Å²) in [6, 6.07) is 16.0. The van der Waals surface area contributed by atoms with Gasteiger partial charge in [0.1, 0.15) is 35.5 Å². The Labute approximate surface area is 192 Å². The molecule has 5 nitrogen and oxygen atoms in total. The molecule has 0 aliphatic rings. The molecule has 0 spiro atoms. The number of nitrogens with one attached hydrogen (secondary N) is 1. The minimum absolute atomic E-state index is 0.000151. The Kier molecular flexibility index (Phi) is 6.46. The number of aliphatic hydroxyl groups is 1. The fraction of sp³-hybridized carbons (Fsp3) is 0.0417. The number of rotatable bonds is 6. The molecule has 0 unspecified atom stereocenters. The van der Waals surface area contributed by atoms with Crippen molar-refractivity contribution in [2.75, 3.05) is 5.32 Å². The molecule has 2 N–H and O–H groups in total. The highest BCUT2D eigenvalue weighted by atomic mass is 35.5.